The molecular weight excluding hydrogens is 250 g/mol. The SMILES string of the molecule is CC(NC(=O)Cc1ccc(Cl)cc1)SS. The van der Waals surface area contributed by atoms with Crippen molar-refractivity contribution in [2.24, 2.45) is 0 Å². The number of halogens is 1. The smallest absolute Gasteiger partial charge is 0.225 e. The molecule has 2 nitrogen and oxygen atoms in total. The first-order valence-electron chi connectivity index (χ1n) is 4.46. The summed E-state index contributed by atoms with van der Waals surface area (Å²) in [6.07, 6.45) is 0.371. The van der Waals surface area contributed by atoms with E-state index in [9.17, 15) is 4.79 Å². The Kier molecular flexibility index (Phi) is 5.36. The van der Waals surface area contributed by atoms with Gasteiger partial charge in [0.1, 0.15) is 0 Å². The van der Waals surface area contributed by atoms with Gasteiger partial charge >= 0.3 is 0 Å². The van der Waals surface area contributed by atoms with Crippen LogP contribution in [-0.2, 0) is 11.2 Å². The summed E-state index contributed by atoms with van der Waals surface area (Å²) in [5, 5.41) is 3.51. The summed E-state index contributed by atoms with van der Waals surface area (Å²) in [7, 11) is 1.31. The summed E-state index contributed by atoms with van der Waals surface area (Å²) >= 11 is 9.76. The maximum absolute atomic E-state index is 11.5. The van der Waals surface area contributed by atoms with Crippen LogP contribution in [0.15, 0.2) is 24.3 Å². The van der Waals surface area contributed by atoms with Gasteiger partial charge in [0.05, 0.1) is 11.8 Å². The molecular formula is C10H12ClNOS2. The highest BCUT2D eigenvalue weighted by Gasteiger charge is 2.06. The average molecular weight is 262 g/mol. The molecule has 1 rings (SSSR count). The molecule has 1 N–H and O–H groups in total. The lowest BCUT2D eigenvalue weighted by Crippen LogP contribution is -2.30. The van der Waals surface area contributed by atoms with E-state index in [1.807, 2.05) is 19.1 Å². The van der Waals surface area contributed by atoms with Crippen LogP contribution < -0.4 is 5.32 Å². The van der Waals surface area contributed by atoms with E-state index in [1.165, 1.54) is 10.8 Å². The van der Waals surface area contributed by atoms with Crippen molar-refractivity contribution in [3.05, 3.63) is 34.9 Å². The summed E-state index contributed by atoms with van der Waals surface area (Å²) in [5.41, 5.74) is 0.952. The van der Waals surface area contributed by atoms with E-state index < -0.39 is 0 Å². The van der Waals surface area contributed by atoms with Crippen LogP contribution in [0.4, 0.5) is 0 Å². The molecule has 1 aromatic carbocycles. The lowest BCUT2D eigenvalue weighted by molar-refractivity contribution is -0.120. The molecule has 0 saturated carbocycles. The predicted octanol–water partition coefficient (Wildman–Crippen LogP) is 2.92. The molecule has 0 heterocycles. The molecule has 1 amide bonds. The van der Waals surface area contributed by atoms with Crippen LogP contribution in [0, 0.1) is 0 Å². The highest BCUT2D eigenvalue weighted by Crippen LogP contribution is 2.12. The van der Waals surface area contributed by atoms with Gasteiger partial charge in [-0.1, -0.05) is 34.5 Å². The fourth-order valence-electron chi connectivity index (χ4n) is 1.09. The number of rotatable bonds is 4. The fraction of sp³-hybridized carbons (Fsp3) is 0.300. The second-order valence-corrected chi connectivity index (χ2v) is 5.11. The molecule has 0 aliphatic rings. The van der Waals surface area contributed by atoms with Gasteiger partial charge < -0.3 is 5.32 Å². The number of hydrogen-bond donors (Lipinski definition) is 2. The Hall–Kier alpha value is -0.320. The van der Waals surface area contributed by atoms with Crippen LogP contribution in [0.5, 0.6) is 0 Å². The van der Waals surface area contributed by atoms with E-state index in [4.69, 9.17) is 11.6 Å². The van der Waals surface area contributed by atoms with E-state index >= 15 is 0 Å². The number of amides is 1. The van der Waals surface area contributed by atoms with E-state index in [0.29, 0.717) is 11.4 Å². The third kappa shape index (κ3) is 4.82. The molecule has 0 aromatic heterocycles. The monoisotopic (exact) mass is 261 g/mol. The van der Waals surface area contributed by atoms with Crippen LogP contribution >= 0.6 is 34.1 Å². The molecule has 82 valence electrons. The highest BCUT2D eigenvalue weighted by molar-refractivity contribution is 8.68. The van der Waals surface area contributed by atoms with Gasteiger partial charge in [-0.3, -0.25) is 4.79 Å². The van der Waals surface area contributed by atoms with Crippen molar-refractivity contribution < 1.29 is 4.79 Å². The van der Waals surface area contributed by atoms with Gasteiger partial charge in [0.15, 0.2) is 0 Å². The standard InChI is InChI=1S/C10H12ClNOS2/c1-7(15-14)12-10(13)6-8-2-4-9(11)5-3-8/h2-5,7,14H,6H2,1H3,(H,12,13). The van der Waals surface area contributed by atoms with Crippen molar-refractivity contribution in [2.75, 3.05) is 0 Å². The second kappa shape index (κ2) is 6.30. The first-order valence-corrected chi connectivity index (χ1v) is 6.77. The zero-order chi connectivity index (χ0) is 11.3. The van der Waals surface area contributed by atoms with Gasteiger partial charge in [0.25, 0.3) is 0 Å². The van der Waals surface area contributed by atoms with Crippen LogP contribution in [0.25, 0.3) is 0 Å². The molecule has 0 spiro atoms. The molecule has 5 heteroatoms. The Labute approximate surface area is 104 Å². The van der Waals surface area contributed by atoms with Crippen LogP contribution in [0.3, 0.4) is 0 Å². The van der Waals surface area contributed by atoms with E-state index in [1.54, 1.807) is 12.1 Å². The van der Waals surface area contributed by atoms with E-state index in [0.717, 1.165) is 5.56 Å². The van der Waals surface area contributed by atoms with Crippen molar-refractivity contribution >= 4 is 40.0 Å². The minimum Gasteiger partial charge on any atom is -0.344 e. The minimum atomic E-state index is -0.00799. The second-order valence-electron chi connectivity index (χ2n) is 3.12. The van der Waals surface area contributed by atoms with Gasteiger partial charge in [-0.25, -0.2) is 0 Å². The Morgan fingerprint density at radius 2 is 2.13 bits per heavy atom. The van der Waals surface area contributed by atoms with E-state index in [-0.39, 0.29) is 11.3 Å². The van der Waals surface area contributed by atoms with Crippen molar-refractivity contribution in [2.45, 2.75) is 18.7 Å². The maximum Gasteiger partial charge on any atom is 0.225 e. The highest BCUT2D eigenvalue weighted by atomic mass is 35.5. The lowest BCUT2D eigenvalue weighted by atomic mass is 10.1. The van der Waals surface area contributed by atoms with Crippen molar-refractivity contribution in [1.29, 1.82) is 0 Å². The molecule has 0 fully saturated rings. The first-order chi connectivity index (χ1) is 7.11. The topological polar surface area (TPSA) is 29.1 Å². The lowest BCUT2D eigenvalue weighted by Gasteiger charge is -2.09. The summed E-state index contributed by atoms with van der Waals surface area (Å²) < 4.78 is 0. The van der Waals surface area contributed by atoms with Crippen molar-refractivity contribution in [1.82, 2.24) is 5.32 Å². The molecule has 15 heavy (non-hydrogen) atoms. The number of carbonyl (C=O) groups is 1. The Morgan fingerprint density at radius 1 is 1.53 bits per heavy atom. The fourth-order valence-corrected chi connectivity index (χ4v) is 1.56. The van der Waals surface area contributed by atoms with Gasteiger partial charge in [-0.2, -0.15) is 0 Å². The normalized spacial score (nSPS) is 12.2. The van der Waals surface area contributed by atoms with Gasteiger partial charge in [0.2, 0.25) is 5.91 Å². The Bertz CT molecular complexity index is 329. The van der Waals surface area contributed by atoms with Crippen molar-refractivity contribution in [3.8, 4) is 0 Å². The molecule has 0 radical (unpaired) electrons. The Balaban J connectivity index is 2.48. The zero-order valence-electron chi connectivity index (χ0n) is 8.24. The number of thiol groups is 1. The molecule has 1 atom stereocenters. The summed E-state index contributed by atoms with van der Waals surface area (Å²) in [6, 6.07) is 7.25. The maximum atomic E-state index is 11.5. The molecule has 0 aliphatic heterocycles. The van der Waals surface area contributed by atoms with Gasteiger partial charge in [-0.15, -0.1) is 11.7 Å². The summed E-state index contributed by atoms with van der Waals surface area (Å²) in [5.74, 6) is -0.00799. The van der Waals surface area contributed by atoms with Crippen LogP contribution in [0.2, 0.25) is 5.02 Å². The van der Waals surface area contributed by atoms with Crippen molar-refractivity contribution in [3.63, 3.8) is 0 Å². The summed E-state index contributed by atoms with van der Waals surface area (Å²) in [6.45, 7) is 1.89. The Morgan fingerprint density at radius 3 is 2.67 bits per heavy atom. The van der Waals surface area contributed by atoms with Crippen LogP contribution in [-0.4, -0.2) is 11.3 Å². The van der Waals surface area contributed by atoms with Gasteiger partial charge in [-0.05, 0) is 24.6 Å². The largest absolute Gasteiger partial charge is 0.344 e. The van der Waals surface area contributed by atoms with Crippen LogP contribution in [0.1, 0.15) is 12.5 Å². The molecule has 0 saturated heterocycles. The zero-order valence-corrected chi connectivity index (χ0v) is 10.7. The number of hydrogen-bond acceptors (Lipinski definition) is 3. The third-order valence-corrected chi connectivity index (χ3v) is 3.44. The quantitative estimate of drug-likeness (QED) is 0.496. The molecule has 1 unspecified atom stereocenters. The summed E-state index contributed by atoms with van der Waals surface area (Å²) in [4.78, 5) is 11.5. The number of benzene rings is 1. The first kappa shape index (κ1) is 12.7. The van der Waals surface area contributed by atoms with E-state index in [2.05, 4.69) is 17.0 Å². The predicted molar refractivity (Wildman–Crippen MR) is 69.3 cm³/mol. The molecule has 0 aliphatic carbocycles. The third-order valence-electron chi connectivity index (χ3n) is 1.80. The minimum absolute atomic E-state index is 0.00799. The van der Waals surface area contributed by atoms with Gasteiger partial charge in [0, 0.05) is 5.02 Å². The number of carbonyl (C=O) groups excluding carboxylic acids is 1. The average Bonchev–Trinajstić information content (AvgIpc) is 2.21. The molecule has 0 bridgehead atoms. The number of nitrogens with one attached hydrogen (secondary N) is 1. The molecule has 1 aromatic rings.